The third-order valence-corrected chi connectivity index (χ3v) is 12.4. The number of aromatic nitrogens is 4. The van der Waals surface area contributed by atoms with Crippen LogP contribution in [0, 0.1) is 11.2 Å². The van der Waals surface area contributed by atoms with E-state index in [1.54, 1.807) is 32.3 Å². The fraction of sp³-hybridized carbons (Fsp3) is 0.538. The molecule has 1 N–H and O–H groups in total. The molecule has 0 bridgehead atoms. The van der Waals surface area contributed by atoms with Gasteiger partial charge in [0.15, 0.2) is 5.69 Å². The zero-order valence-electron chi connectivity index (χ0n) is 30.9. The Bertz CT molecular complexity index is 2150. The molecule has 6 heterocycles. The number of amides is 1. The van der Waals surface area contributed by atoms with Gasteiger partial charge in [-0.05, 0) is 74.2 Å². The van der Waals surface area contributed by atoms with Crippen molar-refractivity contribution in [2.45, 2.75) is 83.0 Å². The minimum atomic E-state index is -2.63. The van der Waals surface area contributed by atoms with Gasteiger partial charge in [0.05, 0.1) is 35.4 Å². The Labute approximate surface area is 318 Å². The zero-order chi connectivity index (χ0) is 36.9. The Balaban J connectivity index is 0.00000413. The quantitative estimate of drug-likeness (QED) is 0.244. The molecule has 2 aromatic carbocycles. The van der Waals surface area contributed by atoms with Crippen molar-refractivity contribution in [1.29, 1.82) is 0 Å². The average Bonchev–Trinajstić information content (AvgIpc) is 3.42. The topological polar surface area (TPSA) is 103 Å². The summed E-state index contributed by atoms with van der Waals surface area (Å²) in [6.07, 6.45) is 3.94. The fourth-order valence-electron chi connectivity index (χ4n) is 9.62. The first-order valence-corrected chi connectivity index (χ1v) is 18.8. The van der Waals surface area contributed by atoms with Crippen LogP contribution in [0.4, 0.5) is 24.7 Å². The Morgan fingerprint density at radius 3 is 2.59 bits per heavy atom. The SMILES string of the molecule is CCc1c(F)ccc2cc(O)cc(N3CCc4c(nc(OC[C@]56CCCN5C[C@]5(CC5(F)F)C6)nc4N4CCCn5nc(C(=O)N(C)C)cc5C4)C3)c12.Cl. The van der Waals surface area contributed by atoms with Crippen LogP contribution in [0.3, 0.4) is 0 Å². The number of carbonyl (C=O) groups excluding carboxylic acids is 1. The van der Waals surface area contributed by atoms with E-state index in [0.717, 1.165) is 65.0 Å². The van der Waals surface area contributed by atoms with E-state index in [1.807, 2.05) is 17.7 Å². The number of carbonyl (C=O) groups is 1. The van der Waals surface area contributed by atoms with Crippen molar-refractivity contribution in [2.24, 2.45) is 5.41 Å². The summed E-state index contributed by atoms with van der Waals surface area (Å²) in [6.45, 7) is 6.12. The third kappa shape index (κ3) is 5.91. The third-order valence-electron chi connectivity index (χ3n) is 12.4. The van der Waals surface area contributed by atoms with E-state index >= 15 is 4.39 Å². The van der Waals surface area contributed by atoms with Crippen LogP contribution in [0.1, 0.15) is 72.0 Å². The summed E-state index contributed by atoms with van der Waals surface area (Å²) in [6, 6.07) is 8.57. The molecule has 0 radical (unpaired) electrons. The highest BCUT2D eigenvalue weighted by atomic mass is 35.5. The zero-order valence-corrected chi connectivity index (χ0v) is 31.7. The Hall–Kier alpha value is -4.30. The molecule has 288 valence electrons. The fourth-order valence-corrected chi connectivity index (χ4v) is 9.62. The molecular formula is C39H46ClF3N8O3. The molecule has 5 aliphatic rings. The molecule has 3 fully saturated rings. The van der Waals surface area contributed by atoms with Crippen molar-refractivity contribution < 1.29 is 27.8 Å². The number of ether oxygens (including phenoxy) is 1. The van der Waals surface area contributed by atoms with Gasteiger partial charge in [-0.1, -0.05) is 13.0 Å². The maximum Gasteiger partial charge on any atom is 0.318 e. The largest absolute Gasteiger partial charge is 0.508 e. The number of aromatic hydroxyl groups is 1. The molecule has 9 rings (SSSR count). The van der Waals surface area contributed by atoms with Gasteiger partial charge in [-0.2, -0.15) is 15.1 Å². The van der Waals surface area contributed by atoms with Gasteiger partial charge in [-0.25, -0.2) is 13.2 Å². The van der Waals surface area contributed by atoms with E-state index < -0.39 is 16.9 Å². The average molecular weight is 767 g/mol. The van der Waals surface area contributed by atoms with Gasteiger partial charge in [0.1, 0.15) is 24.0 Å². The second kappa shape index (κ2) is 13.2. The van der Waals surface area contributed by atoms with Crippen LogP contribution in [0.5, 0.6) is 11.8 Å². The number of rotatable bonds is 7. The number of alkyl halides is 2. The minimum Gasteiger partial charge on any atom is -0.508 e. The predicted molar refractivity (Wildman–Crippen MR) is 201 cm³/mol. The summed E-state index contributed by atoms with van der Waals surface area (Å²) in [5.74, 6) is -2.22. The maximum absolute atomic E-state index is 15.1. The molecule has 2 aromatic heterocycles. The normalized spacial score (nSPS) is 24.2. The predicted octanol–water partition coefficient (Wildman–Crippen LogP) is 5.97. The van der Waals surface area contributed by atoms with Crippen LogP contribution in [0.2, 0.25) is 0 Å². The summed E-state index contributed by atoms with van der Waals surface area (Å²) < 4.78 is 52.8. The maximum atomic E-state index is 15.1. The number of hydrogen-bond acceptors (Lipinski definition) is 9. The second-order valence-corrected chi connectivity index (χ2v) is 16.0. The lowest BCUT2D eigenvalue weighted by Gasteiger charge is -2.35. The van der Waals surface area contributed by atoms with Crippen LogP contribution < -0.4 is 14.5 Å². The number of aryl methyl sites for hydroxylation is 2. The summed E-state index contributed by atoms with van der Waals surface area (Å²) in [4.78, 5) is 30.9. The summed E-state index contributed by atoms with van der Waals surface area (Å²) >= 11 is 0. The number of anilines is 2. The van der Waals surface area contributed by atoms with E-state index in [9.17, 15) is 18.7 Å². The number of fused-ring (bicyclic) bond motifs is 4. The van der Waals surface area contributed by atoms with Gasteiger partial charge in [-0.15, -0.1) is 12.4 Å². The molecule has 2 saturated heterocycles. The lowest BCUT2D eigenvalue weighted by Crippen LogP contribution is -2.43. The highest BCUT2D eigenvalue weighted by Gasteiger charge is 2.77. The molecule has 1 saturated carbocycles. The Kier molecular flexibility index (Phi) is 8.95. The molecule has 1 aliphatic carbocycles. The molecule has 4 aromatic rings. The van der Waals surface area contributed by atoms with Crippen LogP contribution in [0.25, 0.3) is 10.8 Å². The van der Waals surface area contributed by atoms with Crippen molar-refractivity contribution >= 4 is 40.6 Å². The van der Waals surface area contributed by atoms with Crippen LogP contribution >= 0.6 is 12.4 Å². The number of nitrogens with zero attached hydrogens (tertiary/aromatic N) is 8. The summed E-state index contributed by atoms with van der Waals surface area (Å²) in [5, 5.41) is 16.9. The van der Waals surface area contributed by atoms with Gasteiger partial charge in [0, 0.05) is 69.4 Å². The van der Waals surface area contributed by atoms with Gasteiger partial charge in [0.2, 0.25) is 0 Å². The van der Waals surface area contributed by atoms with Crippen molar-refractivity contribution in [2.75, 3.05) is 56.7 Å². The van der Waals surface area contributed by atoms with Crippen LogP contribution in [-0.2, 0) is 32.5 Å². The van der Waals surface area contributed by atoms with Crippen molar-refractivity contribution in [3.8, 4) is 11.8 Å². The standard InChI is InChI=1S/C39H45F3N8O3.ClH/c1-4-27-29(40)8-7-24-15-26(51)17-32(33(24)27)47-14-9-28-31(19-47)43-36(53-23-38-10-5-12-49(38)22-37(20-38)21-39(37,41)42)44-34(28)48-11-6-13-50-25(18-48)16-30(45-50)35(52)46(2)3;/h7-8,15-17,51H,4-6,9-14,18-23H2,1-3H3;1H/t37-,38-;/m1./s1. The highest BCUT2D eigenvalue weighted by molar-refractivity contribution is 5.98. The lowest BCUT2D eigenvalue weighted by molar-refractivity contribution is 0.0647. The highest BCUT2D eigenvalue weighted by Crippen LogP contribution is 2.69. The van der Waals surface area contributed by atoms with Crippen molar-refractivity contribution in [3.63, 3.8) is 0 Å². The first-order chi connectivity index (χ1) is 25.4. The molecule has 4 aliphatic heterocycles. The van der Waals surface area contributed by atoms with Crippen LogP contribution in [0.15, 0.2) is 30.3 Å². The van der Waals surface area contributed by atoms with Gasteiger partial charge in [-0.3, -0.25) is 14.4 Å². The molecule has 0 unspecified atom stereocenters. The molecular weight excluding hydrogens is 721 g/mol. The second-order valence-electron chi connectivity index (χ2n) is 16.0. The molecule has 2 atom stereocenters. The number of halogens is 4. The molecule has 1 spiro atoms. The summed E-state index contributed by atoms with van der Waals surface area (Å²) in [5.41, 5.74) is 2.95. The van der Waals surface area contributed by atoms with E-state index in [2.05, 4.69) is 19.8 Å². The Morgan fingerprint density at radius 2 is 1.83 bits per heavy atom. The van der Waals surface area contributed by atoms with E-state index in [4.69, 9.17) is 14.7 Å². The summed E-state index contributed by atoms with van der Waals surface area (Å²) in [7, 11) is 3.42. The number of hydrogen-bond donors (Lipinski definition) is 1. The Morgan fingerprint density at radius 1 is 1.02 bits per heavy atom. The van der Waals surface area contributed by atoms with Gasteiger partial charge >= 0.3 is 6.01 Å². The first kappa shape index (κ1) is 36.7. The molecule has 15 heteroatoms. The van der Waals surface area contributed by atoms with Gasteiger partial charge in [0.25, 0.3) is 11.8 Å². The molecule has 11 nitrogen and oxygen atoms in total. The molecule has 54 heavy (non-hydrogen) atoms. The number of phenols is 1. The monoisotopic (exact) mass is 766 g/mol. The number of benzene rings is 2. The molecule has 1 amide bonds. The first-order valence-electron chi connectivity index (χ1n) is 18.8. The van der Waals surface area contributed by atoms with Gasteiger partial charge < -0.3 is 24.5 Å². The van der Waals surface area contributed by atoms with Crippen molar-refractivity contribution in [1.82, 2.24) is 29.5 Å². The number of phenolic OH excluding ortho intramolecular Hbond substituents is 1. The van der Waals surface area contributed by atoms with E-state index in [0.29, 0.717) is 69.8 Å². The van der Waals surface area contributed by atoms with Crippen LogP contribution in [-0.4, -0.2) is 98.9 Å². The smallest absolute Gasteiger partial charge is 0.318 e. The minimum absolute atomic E-state index is 0. The van der Waals surface area contributed by atoms with Crippen molar-refractivity contribution in [3.05, 3.63) is 64.4 Å². The van der Waals surface area contributed by atoms with E-state index in [1.165, 1.54) is 11.0 Å². The lowest BCUT2D eigenvalue weighted by atomic mass is 9.89. The van der Waals surface area contributed by atoms with E-state index in [-0.39, 0.29) is 48.9 Å².